The fourth-order valence-electron chi connectivity index (χ4n) is 2.92. The minimum atomic E-state index is -0.477. The molecular formula is C13H16N2O2. The van der Waals surface area contributed by atoms with Gasteiger partial charge in [0.05, 0.1) is 6.54 Å². The highest BCUT2D eigenvalue weighted by Crippen LogP contribution is 2.38. The van der Waals surface area contributed by atoms with Gasteiger partial charge in [-0.2, -0.15) is 0 Å². The maximum absolute atomic E-state index is 11.6. The van der Waals surface area contributed by atoms with Gasteiger partial charge in [-0.05, 0) is 12.6 Å². The number of hydrogen-bond acceptors (Lipinski definition) is 3. The van der Waals surface area contributed by atoms with Crippen LogP contribution in [0.3, 0.4) is 0 Å². The molecule has 0 saturated carbocycles. The zero-order valence-electron chi connectivity index (χ0n) is 10.1. The zero-order chi connectivity index (χ0) is 12.0. The predicted octanol–water partition coefficient (Wildman–Crippen LogP) is 1.41. The summed E-state index contributed by atoms with van der Waals surface area (Å²) >= 11 is 0. The molecule has 0 aromatic heterocycles. The van der Waals surface area contributed by atoms with Gasteiger partial charge in [-0.15, -0.1) is 0 Å². The van der Waals surface area contributed by atoms with Crippen molar-refractivity contribution in [2.24, 2.45) is 0 Å². The largest absolute Gasteiger partial charge is 0.435 e. The van der Waals surface area contributed by atoms with Crippen LogP contribution in [0.2, 0.25) is 0 Å². The van der Waals surface area contributed by atoms with Gasteiger partial charge >= 0.3 is 6.09 Å². The first-order chi connectivity index (χ1) is 8.11. The molecule has 4 heteroatoms. The number of ether oxygens (including phenoxy) is 1. The Bertz CT molecular complexity index is 474. The van der Waals surface area contributed by atoms with E-state index in [0.29, 0.717) is 6.54 Å². The van der Waals surface area contributed by atoms with Crippen molar-refractivity contribution in [3.63, 3.8) is 0 Å². The van der Waals surface area contributed by atoms with Crippen LogP contribution in [0.25, 0.3) is 0 Å². The van der Waals surface area contributed by atoms with Crippen LogP contribution < -0.4 is 0 Å². The van der Waals surface area contributed by atoms with Gasteiger partial charge in [0.1, 0.15) is 0 Å². The summed E-state index contributed by atoms with van der Waals surface area (Å²) in [5, 5.41) is 0. The number of likely N-dealkylation sites (N-methyl/N-ethyl adjacent to an activating group) is 2. The Morgan fingerprint density at radius 2 is 2.00 bits per heavy atom. The van der Waals surface area contributed by atoms with Crippen LogP contribution in [0.4, 0.5) is 4.79 Å². The van der Waals surface area contributed by atoms with Crippen molar-refractivity contribution < 1.29 is 9.53 Å². The van der Waals surface area contributed by atoms with Gasteiger partial charge < -0.3 is 9.64 Å². The topological polar surface area (TPSA) is 32.8 Å². The summed E-state index contributed by atoms with van der Waals surface area (Å²) in [6.45, 7) is 2.31. The third kappa shape index (κ3) is 1.52. The van der Waals surface area contributed by atoms with E-state index >= 15 is 0 Å². The Labute approximate surface area is 101 Å². The Morgan fingerprint density at radius 3 is 2.71 bits per heavy atom. The molecule has 2 aliphatic rings. The lowest BCUT2D eigenvalue weighted by atomic mass is 9.86. The smallest absolute Gasteiger partial charge is 0.410 e. The van der Waals surface area contributed by atoms with Crippen molar-refractivity contribution in [1.82, 2.24) is 9.80 Å². The average molecular weight is 232 g/mol. The van der Waals surface area contributed by atoms with Crippen LogP contribution in [0, 0.1) is 0 Å². The molecule has 1 saturated heterocycles. The highest BCUT2D eigenvalue weighted by atomic mass is 16.6. The molecule has 1 aromatic carbocycles. The monoisotopic (exact) mass is 232 g/mol. The number of amides is 1. The van der Waals surface area contributed by atoms with E-state index in [1.165, 1.54) is 5.56 Å². The van der Waals surface area contributed by atoms with E-state index < -0.39 is 5.60 Å². The first-order valence-corrected chi connectivity index (χ1v) is 5.82. The van der Waals surface area contributed by atoms with Crippen LogP contribution >= 0.6 is 0 Å². The number of fused-ring (bicyclic) bond motifs is 2. The number of nitrogens with zero attached hydrogens (tertiary/aromatic N) is 2. The van der Waals surface area contributed by atoms with Gasteiger partial charge in [-0.25, -0.2) is 4.79 Å². The summed E-state index contributed by atoms with van der Waals surface area (Å²) < 4.78 is 5.64. The van der Waals surface area contributed by atoms with Gasteiger partial charge in [0, 0.05) is 25.7 Å². The second-order valence-corrected chi connectivity index (χ2v) is 5.05. The standard InChI is InChI=1S/C13H16N2O2/c1-14-7-10-5-3-4-6-11(10)13(8-14)9-15(2)12(16)17-13/h3-6H,7-9H2,1-2H3. The molecule has 1 atom stereocenters. The summed E-state index contributed by atoms with van der Waals surface area (Å²) in [7, 11) is 3.85. The van der Waals surface area contributed by atoms with Gasteiger partial charge in [-0.3, -0.25) is 4.90 Å². The van der Waals surface area contributed by atoms with Crippen LogP contribution in [-0.2, 0) is 16.9 Å². The van der Waals surface area contributed by atoms with Crippen molar-refractivity contribution in [3.05, 3.63) is 35.4 Å². The number of carbonyl (C=O) groups excluding carboxylic acids is 1. The van der Waals surface area contributed by atoms with Crippen molar-refractivity contribution in [3.8, 4) is 0 Å². The fourth-order valence-corrected chi connectivity index (χ4v) is 2.92. The van der Waals surface area contributed by atoms with E-state index in [1.807, 2.05) is 12.1 Å². The van der Waals surface area contributed by atoms with Crippen LogP contribution in [0.1, 0.15) is 11.1 Å². The van der Waals surface area contributed by atoms with Crippen LogP contribution in [0.5, 0.6) is 0 Å². The Balaban J connectivity index is 2.09. The molecule has 4 nitrogen and oxygen atoms in total. The normalized spacial score (nSPS) is 28.4. The third-order valence-electron chi connectivity index (χ3n) is 3.56. The molecular weight excluding hydrogens is 216 g/mol. The first kappa shape index (κ1) is 10.6. The molecule has 0 aliphatic carbocycles. The minimum absolute atomic E-state index is 0.227. The molecule has 90 valence electrons. The summed E-state index contributed by atoms with van der Waals surface area (Å²) in [6.07, 6.45) is -0.227. The summed E-state index contributed by atoms with van der Waals surface area (Å²) in [6, 6.07) is 8.23. The molecule has 0 bridgehead atoms. The van der Waals surface area contributed by atoms with E-state index in [0.717, 1.165) is 18.7 Å². The SMILES string of the molecule is CN1Cc2ccccc2C2(C1)CN(C)C(=O)O2. The molecule has 2 aliphatic heterocycles. The number of rotatable bonds is 0. The lowest BCUT2D eigenvalue weighted by molar-refractivity contribution is 0.0135. The van der Waals surface area contributed by atoms with E-state index in [4.69, 9.17) is 4.74 Å². The quantitative estimate of drug-likeness (QED) is 0.678. The molecule has 0 radical (unpaired) electrons. The molecule has 1 fully saturated rings. The highest BCUT2D eigenvalue weighted by molar-refractivity contribution is 5.71. The molecule has 0 N–H and O–H groups in total. The summed E-state index contributed by atoms with van der Waals surface area (Å²) in [5.41, 5.74) is 1.94. The van der Waals surface area contributed by atoms with Crippen molar-refractivity contribution >= 4 is 6.09 Å². The second-order valence-electron chi connectivity index (χ2n) is 5.05. The van der Waals surface area contributed by atoms with Gasteiger partial charge in [0.15, 0.2) is 5.60 Å². The highest BCUT2D eigenvalue weighted by Gasteiger charge is 2.48. The lowest BCUT2D eigenvalue weighted by Crippen LogP contribution is -2.46. The minimum Gasteiger partial charge on any atom is -0.435 e. The van der Waals surface area contributed by atoms with E-state index in [-0.39, 0.29) is 6.09 Å². The van der Waals surface area contributed by atoms with Crippen LogP contribution in [-0.4, -0.2) is 43.1 Å². The molecule has 3 rings (SSSR count). The van der Waals surface area contributed by atoms with E-state index in [9.17, 15) is 4.79 Å². The number of hydrogen-bond donors (Lipinski definition) is 0. The molecule has 17 heavy (non-hydrogen) atoms. The predicted molar refractivity (Wildman–Crippen MR) is 63.6 cm³/mol. The molecule has 1 unspecified atom stereocenters. The Morgan fingerprint density at radius 1 is 1.24 bits per heavy atom. The molecule has 1 spiro atoms. The average Bonchev–Trinajstić information content (AvgIpc) is 2.54. The van der Waals surface area contributed by atoms with Gasteiger partial charge in [0.2, 0.25) is 0 Å². The van der Waals surface area contributed by atoms with Gasteiger partial charge in [-0.1, -0.05) is 24.3 Å². The summed E-state index contributed by atoms with van der Waals surface area (Å²) in [5.74, 6) is 0. The van der Waals surface area contributed by atoms with Crippen molar-refractivity contribution in [2.75, 3.05) is 27.2 Å². The van der Waals surface area contributed by atoms with Crippen LogP contribution in [0.15, 0.2) is 24.3 Å². The number of carbonyl (C=O) groups is 1. The maximum Gasteiger partial charge on any atom is 0.410 e. The second kappa shape index (κ2) is 3.47. The van der Waals surface area contributed by atoms with Crippen molar-refractivity contribution in [2.45, 2.75) is 12.1 Å². The Hall–Kier alpha value is -1.55. The fraction of sp³-hybridized carbons (Fsp3) is 0.462. The number of benzene rings is 1. The Kier molecular flexibility index (Phi) is 2.16. The molecule has 1 aromatic rings. The van der Waals surface area contributed by atoms with E-state index in [2.05, 4.69) is 24.1 Å². The maximum atomic E-state index is 11.6. The van der Waals surface area contributed by atoms with Crippen molar-refractivity contribution in [1.29, 1.82) is 0 Å². The van der Waals surface area contributed by atoms with Gasteiger partial charge in [0.25, 0.3) is 0 Å². The summed E-state index contributed by atoms with van der Waals surface area (Å²) in [4.78, 5) is 15.5. The third-order valence-corrected chi connectivity index (χ3v) is 3.56. The molecule has 2 heterocycles. The van der Waals surface area contributed by atoms with E-state index in [1.54, 1.807) is 11.9 Å². The lowest BCUT2D eigenvalue weighted by Gasteiger charge is -2.38. The zero-order valence-corrected chi connectivity index (χ0v) is 10.1. The first-order valence-electron chi connectivity index (χ1n) is 5.82. The molecule has 1 amide bonds.